The lowest BCUT2D eigenvalue weighted by Gasteiger charge is -2.38. The topological polar surface area (TPSA) is 136 Å². The molecule has 0 N–H and O–H groups in total. The second-order valence-corrected chi connectivity index (χ2v) is 10.2. The number of tetrazole rings is 1. The van der Waals surface area contributed by atoms with Crippen LogP contribution >= 0.6 is 0 Å². The fourth-order valence-corrected chi connectivity index (χ4v) is 5.39. The fraction of sp³-hybridized carbons (Fsp3) is 0.276. The molecule has 13 nitrogen and oxygen atoms in total. The fourth-order valence-electron chi connectivity index (χ4n) is 5.39. The molecule has 42 heavy (non-hydrogen) atoms. The van der Waals surface area contributed by atoms with Crippen LogP contribution < -0.4 is 4.90 Å². The summed E-state index contributed by atoms with van der Waals surface area (Å²) < 4.78 is 11.2. The third-order valence-corrected chi connectivity index (χ3v) is 7.51. The molecule has 7 rings (SSSR count). The molecule has 2 aromatic carbocycles. The summed E-state index contributed by atoms with van der Waals surface area (Å²) in [6.07, 6.45) is 1.59. The molecule has 0 saturated carbocycles. The Kier molecular flexibility index (Phi) is 6.64. The number of carbonyl (C=O) groups is 2. The minimum atomic E-state index is -0.158. The maximum Gasteiger partial charge on any atom is 0.272 e. The van der Waals surface area contributed by atoms with Crippen molar-refractivity contribution in [1.82, 2.24) is 40.0 Å². The highest BCUT2D eigenvalue weighted by molar-refractivity contribution is 5.97. The molecule has 0 bridgehead atoms. The molecule has 2 aliphatic rings. The van der Waals surface area contributed by atoms with E-state index in [1.54, 1.807) is 48.5 Å². The number of benzene rings is 2. The average molecular weight is 566 g/mol. The number of anilines is 1. The molecular formula is C29H27N9O4. The molecule has 1 unspecified atom stereocenters. The van der Waals surface area contributed by atoms with Gasteiger partial charge in [-0.15, -0.1) is 10.2 Å². The summed E-state index contributed by atoms with van der Waals surface area (Å²) in [5, 5.41) is 12.8. The van der Waals surface area contributed by atoms with Crippen LogP contribution in [0.25, 0.3) is 22.6 Å². The van der Waals surface area contributed by atoms with Gasteiger partial charge in [0.1, 0.15) is 24.5 Å². The van der Waals surface area contributed by atoms with Crippen molar-refractivity contribution >= 4 is 28.6 Å². The number of fused-ring (bicyclic) bond motifs is 1. The second kappa shape index (κ2) is 10.8. The van der Waals surface area contributed by atoms with Gasteiger partial charge in [0.05, 0.1) is 13.1 Å². The van der Waals surface area contributed by atoms with Crippen molar-refractivity contribution < 1.29 is 18.7 Å². The van der Waals surface area contributed by atoms with Crippen LogP contribution in [0.15, 0.2) is 71.3 Å². The molecule has 2 aliphatic heterocycles. The average Bonchev–Trinajstić information content (AvgIpc) is 3.77. The molecule has 2 saturated heterocycles. The van der Waals surface area contributed by atoms with Crippen molar-refractivity contribution in [3.63, 3.8) is 0 Å². The lowest BCUT2D eigenvalue weighted by atomic mass is 10.0. The maximum absolute atomic E-state index is 13.5. The Bertz CT molecular complexity index is 1760. The number of amides is 2. The third kappa shape index (κ3) is 4.88. The molecule has 3 aromatic heterocycles. The van der Waals surface area contributed by atoms with E-state index in [1.165, 1.54) is 4.80 Å². The van der Waals surface area contributed by atoms with E-state index >= 15 is 0 Å². The summed E-state index contributed by atoms with van der Waals surface area (Å²) in [5.41, 5.74) is 3.91. The number of ether oxygens (including phenoxy) is 1. The van der Waals surface area contributed by atoms with Gasteiger partial charge in [0.15, 0.2) is 11.4 Å². The van der Waals surface area contributed by atoms with Crippen molar-refractivity contribution in [3.05, 3.63) is 83.9 Å². The van der Waals surface area contributed by atoms with E-state index in [2.05, 4.69) is 42.4 Å². The van der Waals surface area contributed by atoms with Gasteiger partial charge in [-0.05, 0) is 41.1 Å². The molecule has 212 valence electrons. The number of rotatable bonds is 6. The van der Waals surface area contributed by atoms with Crippen LogP contribution in [0.3, 0.4) is 0 Å². The first-order valence-electron chi connectivity index (χ1n) is 13.6. The zero-order valence-corrected chi connectivity index (χ0v) is 22.8. The van der Waals surface area contributed by atoms with Crippen molar-refractivity contribution in [2.45, 2.75) is 6.04 Å². The molecule has 1 atom stereocenters. The van der Waals surface area contributed by atoms with E-state index in [9.17, 15) is 9.59 Å². The van der Waals surface area contributed by atoms with Gasteiger partial charge in [0.25, 0.3) is 11.8 Å². The van der Waals surface area contributed by atoms with Gasteiger partial charge in [0, 0.05) is 43.6 Å². The first kappa shape index (κ1) is 25.9. The highest BCUT2D eigenvalue weighted by Crippen LogP contribution is 2.30. The predicted molar refractivity (Wildman–Crippen MR) is 150 cm³/mol. The molecular weight excluding hydrogens is 538 g/mol. The summed E-state index contributed by atoms with van der Waals surface area (Å²) in [5.74, 6) is 0.742. The highest BCUT2D eigenvalue weighted by Gasteiger charge is 2.31. The first-order valence-corrected chi connectivity index (χ1v) is 13.6. The highest BCUT2D eigenvalue weighted by atomic mass is 16.5. The van der Waals surface area contributed by atoms with Crippen LogP contribution in [-0.2, 0) is 16.6 Å². The molecule has 0 radical (unpaired) electrons. The number of oxazole rings is 1. The number of aryl methyl sites for hydroxylation is 1. The zero-order valence-electron chi connectivity index (χ0n) is 22.8. The van der Waals surface area contributed by atoms with Crippen LogP contribution in [0.1, 0.15) is 27.9 Å². The normalized spacial score (nSPS) is 16.8. The van der Waals surface area contributed by atoms with Gasteiger partial charge in [-0.2, -0.15) is 4.80 Å². The zero-order chi connectivity index (χ0) is 28.6. The minimum Gasteiger partial charge on any atom is -0.436 e. The third-order valence-electron chi connectivity index (χ3n) is 7.51. The summed E-state index contributed by atoms with van der Waals surface area (Å²) >= 11 is 0. The summed E-state index contributed by atoms with van der Waals surface area (Å²) in [4.78, 5) is 41.6. The lowest BCUT2D eigenvalue weighted by molar-refractivity contribution is -0.117. The molecule has 0 spiro atoms. The molecule has 2 fully saturated rings. The van der Waals surface area contributed by atoms with E-state index in [0.717, 1.165) is 5.56 Å². The Morgan fingerprint density at radius 2 is 1.83 bits per heavy atom. The Morgan fingerprint density at radius 1 is 1.00 bits per heavy atom. The van der Waals surface area contributed by atoms with E-state index in [-0.39, 0.29) is 31.2 Å². The summed E-state index contributed by atoms with van der Waals surface area (Å²) in [6, 6.07) is 18.8. The Morgan fingerprint density at radius 3 is 2.57 bits per heavy atom. The Labute approximate surface area is 240 Å². The predicted octanol–water partition coefficient (Wildman–Crippen LogP) is 2.28. The number of piperazine rings is 1. The van der Waals surface area contributed by atoms with Crippen molar-refractivity contribution in [2.24, 2.45) is 7.05 Å². The minimum absolute atomic E-state index is 0.0670. The van der Waals surface area contributed by atoms with Crippen LogP contribution in [0.5, 0.6) is 0 Å². The van der Waals surface area contributed by atoms with E-state index in [4.69, 9.17) is 9.15 Å². The van der Waals surface area contributed by atoms with Crippen molar-refractivity contribution in [2.75, 3.05) is 44.4 Å². The largest absolute Gasteiger partial charge is 0.436 e. The molecule has 5 aromatic rings. The van der Waals surface area contributed by atoms with Gasteiger partial charge in [0.2, 0.25) is 5.89 Å². The second-order valence-electron chi connectivity index (χ2n) is 10.2. The van der Waals surface area contributed by atoms with Gasteiger partial charge in [-0.3, -0.25) is 24.4 Å². The Balaban J connectivity index is 1.07. The quantitative estimate of drug-likeness (QED) is 0.302. The SMILES string of the molecule is Cn1nnc(C(c2ccccc2)N2CCN(C(=O)c3cc(-c4nc5cc(N6COCC6=O)ccc5o4)ccn3)CC2)n1. The van der Waals surface area contributed by atoms with E-state index in [1.807, 2.05) is 23.1 Å². The number of carbonyl (C=O) groups excluding carboxylic acids is 2. The van der Waals surface area contributed by atoms with Crippen molar-refractivity contribution in [1.29, 1.82) is 0 Å². The van der Waals surface area contributed by atoms with Gasteiger partial charge < -0.3 is 14.1 Å². The standard InChI is InChI=1S/C29H27N9O4/c1-35-33-27(32-34-35)26(19-5-3-2-4-6-19)36-11-13-37(14-12-36)29(40)23-15-20(9-10-30-23)28-31-22-16-21(7-8-24(22)42-28)38-18-41-17-25(38)39/h2-10,15-16,26H,11-14,17-18H2,1H3. The molecule has 13 heteroatoms. The van der Waals surface area contributed by atoms with Crippen LogP contribution in [0.2, 0.25) is 0 Å². The number of pyridine rings is 1. The maximum atomic E-state index is 13.5. The van der Waals surface area contributed by atoms with Gasteiger partial charge in [-0.1, -0.05) is 30.3 Å². The van der Waals surface area contributed by atoms with Gasteiger partial charge >= 0.3 is 0 Å². The number of hydrogen-bond acceptors (Lipinski definition) is 10. The Hall–Kier alpha value is -5.01. The summed E-state index contributed by atoms with van der Waals surface area (Å²) in [6.45, 7) is 2.61. The molecule has 5 heterocycles. The molecule has 0 aliphatic carbocycles. The smallest absolute Gasteiger partial charge is 0.272 e. The number of hydrogen-bond donors (Lipinski definition) is 0. The van der Waals surface area contributed by atoms with E-state index < -0.39 is 0 Å². The van der Waals surface area contributed by atoms with Crippen LogP contribution in [-0.4, -0.2) is 91.3 Å². The van der Waals surface area contributed by atoms with Crippen LogP contribution in [0.4, 0.5) is 5.69 Å². The summed E-state index contributed by atoms with van der Waals surface area (Å²) in [7, 11) is 1.75. The van der Waals surface area contributed by atoms with E-state index in [0.29, 0.717) is 65.9 Å². The number of aromatic nitrogens is 6. The lowest BCUT2D eigenvalue weighted by Crippen LogP contribution is -2.50. The van der Waals surface area contributed by atoms with Gasteiger partial charge in [-0.25, -0.2) is 4.98 Å². The number of nitrogens with zero attached hydrogens (tertiary/aromatic N) is 9. The molecule has 2 amide bonds. The monoisotopic (exact) mass is 565 g/mol. The first-order chi connectivity index (χ1) is 20.5. The van der Waals surface area contributed by atoms with Crippen molar-refractivity contribution in [3.8, 4) is 11.5 Å². The van der Waals surface area contributed by atoms with Crippen LogP contribution in [0, 0.1) is 0 Å².